The number of hydrogen-bond donors (Lipinski definition) is 1. The number of nitrogens with one attached hydrogen (secondary N) is 1. The summed E-state index contributed by atoms with van der Waals surface area (Å²) < 4.78 is 5.53. The number of rotatable bonds is 1. The molecule has 96 valence electrons. The Morgan fingerprint density at radius 1 is 1.32 bits per heavy atom. The van der Waals surface area contributed by atoms with E-state index in [1.807, 2.05) is 25.1 Å². The molecular weight excluding hydrogens is 242 g/mol. The first-order valence-corrected chi connectivity index (χ1v) is 6.08. The fourth-order valence-electron chi connectivity index (χ4n) is 2.10. The summed E-state index contributed by atoms with van der Waals surface area (Å²) >= 11 is 0. The van der Waals surface area contributed by atoms with E-state index in [2.05, 4.69) is 15.3 Å². The van der Waals surface area contributed by atoms with Crippen molar-refractivity contribution in [1.82, 2.24) is 15.3 Å². The van der Waals surface area contributed by atoms with Crippen LogP contribution in [0.2, 0.25) is 0 Å². The molecule has 0 spiro atoms. The fraction of sp³-hybridized carbons (Fsp3) is 0.214. The monoisotopic (exact) mass is 255 g/mol. The summed E-state index contributed by atoms with van der Waals surface area (Å²) in [5.41, 5.74) is 3.27. The largest absolute Gasteiger partial charge is 0.491 e. The molecule has 1 aliphatic rings. The van der Waals surface area contributed by atoms with Crippen molar-refractivity contribution >= 4 is 5.91 Å². The van der Waals surface area contributed by atoms with Crippen molar-refractivity contribution in [1.29, 1.82) is 0 Å². The van der Waals surface area contributed by atoms with Crippen LogP contribution in [0.1, 0.15) is 16.1 Å². The molecule has 1 aromatic heterocycles. The van der Waals surface area contributed by atoms with Crippen LogP contribution in [0, 0.1) is 6.92 Å². The molecule has 2 aromatic rings. The van der Waals surface area contributed by atoms with Gasteiger partial charge in [-0.25, -0.2) is 9.97 Å². The zero-order valence-electron chi connectivity index (χ0n) is 10.5. The van der Waals surface area contributed by atoms with Crippen LogP contribution in [0.5, 0.6) is 5.75 Å². The summed E-state index contributed by atoms with van der Waals surface area (Å²) in [6.45, 7) is 2.93. The van der Waals surface area contributed by atoms with E-state index >= 15 is 0 Å². The van der Waals surface area contributed by atoms with Crippen LogP contribution >= 0.6 is 0 Å². The van der Waals surface area contributed by atoms with E-state index in [0.29, 0.717) is 24.5 Å². The predicted octanol–water partition coefficient (Wildman–Crippen LogP) is 1.57. The Balaban J connectivity index is 2.11. The van der Waals surface area contributed by atoms with Gasteiger partial charge in [0.05, 0.1) is 12.1 Å². The molecule has 0 bridgehead atoms. The van der Waals surface area contributed by atoms with Crippen molar-refractivity contribution in [2.24, 2.45) is 0 Å². The van der Waals surface area contributed by atoms with Crippen LogP contribution in [0.15, 0.2) is 30.7 Å². The Hall–Kier alpha value is -2.43. The van der Waals surface area contributed by atoms with Crippen LogP contribution in [-0.2, 0) is 0 Å². The highest BCUT2D eigenvalue weighted by Gasteiger charge is 2.17. The summed E-state index contributed by atoms with van der Waals surface area (Å²) in [5, 5.41) is 2.80. The molecule has 0 fully saturated rings. The smallest absolute Gasteiger partial charge is 0.255 e. The molecule has 0 saturated carbocycles. The molecule has 1 amide bonds. The molecule has 0 unspecified atom stereocenters. The van der Waals surface area contributed by atoms with Gasteiger partial charge in [-0.2, -0.15) is 0 Å². The summed E-state index contributed by atoms with van der Waals surface area (Å²) in [6.07, 6.45) is 3.26. The Bertz CT molecular complexity index is 640. The van der Waals surface area contributed by atoms with Gasteiger partial charge in [-0.15, -0.1) is 0 Å². The minimum Gasteiger partial charge on any atom is -0.491 e. The summed E-state index contributed by atoms with van der Waals surface area (Å²) in [5.74, 6) is 0.511. The van der Waals surface area contributed by atoms with Crippen LogP contribution in [0.3, 0.4) is 0 Å². The number of amides is 1. The average Bonchev–Trinajstić information content (AvgIpc) is 2.61. The normalized spacial score (nSPS) is 14.1. The zero-order chi connectivity index (χ0) is 13.2. The van der Waals surface area contributed by atoms with Gasteiger partial charge in [-0.3, -0.25) is 4.79 Å². The molecule has 1 aliphatic heterocycles. The third kappa shape index (κ3) is 2.14. The Labute approximate surface area is 110 Å². The van der Waals surface area contributed by atoms with Crippen molar-refractivity contribution < 1.29 is 9.53 Å². The van der Waals surface area contributed by atoms with E-state index in [-0.39, 0.29) is 5.91 Å². The number of carbonyl (C=O) groups is 1. The average molecular weight is 255 g/mol. The fourth-order valence-corrected chi connectivity index (χ4v) is 2.10. The molecule has 0 saturated heterocycles. The van der Waals surface area contributed by atoms with Crippen molar-refractivity contribution in [2.45, 2.75) is 6.92 Å². The second kappa shape index (κ2) is 4.68. The molecule has 3 rings (SSSR count). The molecule has 2 heterocycles. The molecule has 5 heteroatoms. The summed E-state index contributed by atoms with van der Waals surface area (Å²) in [7, 11) is 0. The zero-order valence-corrected chi connectivity index (χ0v) is 10.5. The van der Waals surface area contributed by atoms with E-state index in [4.69, 9.17) is 4.74 Å². The maximum Gasteiger partial charge on any atom is 0.255 e. The van der Waals surface area contributed by atoms with Crippen molar-refractivity contribution in [3.8, 4) is 16.9 Å². The van der Waals surface area contributed by atoms with Crippen LogP contribution in [0.4, 0.5) is 0 Å². The number of fused-ring (bicyclic) bond motifs is 1. The van der Waals surface area contributed by atoms with Gasteiger partial charge in [0.15, 0.2) is 0 Å². The Morgan fingerprint density at radius 3 is 3.05 bits per heavy atom. The number of ether oxygens (including phenoxy) is 1. The molecule has 0 atom stereocenters. The molecule has 0 radical (unpaired) electrons. The minimum atomic E-state index is -0.108. The summed E-state index contributed by atoms with van der Waals surface area (Å²) in [6, 6.07) is 5.56. The SMILES string of the molecule is Cc1ncncc1-c1ccc2c(c1)C(=O)NCCO2. The lowest BCUT2D eigenvalue weighted by Crippen LogP contribution is -2.24. The highest BCUT2D eigenvalue weighted by molar-refractivity contribution is 5.98. The lowest BCUT2D eigenvalue weighted by Gasteiger charge is -2.09. The van der Waals surface area contributed by atoms with Crippen LogP contribution < -0.4 is 10.1 Å². The molecular formula is C14H13N3O2. The molecule has 5 nitrogen and oxygen atoms in total. The highest BCUT2D eigenvalue weighted by Crippen LogP contribution is 2.28. The van der Waals surface area contributed by atoms with Gasteiger partial charge in [0.25, 0.3) is 5.91 Å². The predicted molar refractivity (Wildman–Crippen MR) is 70.0 cm³/mol. The minimum absolute atomic E-state index is 0.108. The van der Waals surface area contributed by atoms with E-state index in [0.717, 1.165) is 16.8 Å². The number of aromatic nitrogens is 2. The second-order valence-corrected chi connectivity index (χ2v) is 4.34. The molecule has 0 aliphatic carbocycles. The van der Waals surface area contributed by atoms with Gasteiger partial charge in [-0.1, -0.05) is 6.07 Å². The number of nitrogens with zero attached hydrogens (tertiary/aromatic N) is 2. The third-order valence-corrected chi connectivity index (χ3v) is 3.09. The van der Waals surface area contributed by atoms with Gasteiger partial charge in [-0.05, 0) is 24.6 Å². The number of benzene rings is 1. The number of carbonyl (C=O) groups excluding carboxylic acids is 1. The van der Waals surface area contributed by atoms with Crippen molar-refractivity contribution in [3.63, 3.8) is 0 Å². The maximum atomic E-state index is 12.0. The van der Waals surface area contributed by atoms with Gasteiger partial charge >= 0.3 is 0 Å². The topological polar surface area (TPSA) is 64.1 Å². The Morgan fingerprint density at radius 2 is 2.21 bits per heavy atom. The second-order valence-electron chi connectivity index (χ2n) is 4.34. The lowest BCUT2D eigenvalue weighted by atomic mass is 10.0. The molecule has 1 N–H and O–H groups in total. The van der Waals surface area contributed by atoms with E-state index in [1.54, 1.807) is 6.20 Å². The lowest BCUT2D eigenvalue weighted by molar-refractivity contribution is 0.0957. The van der Waals surface area contributed by atoms with Crippen LogP contribution in [0.25, 0.3) is 11.1 Å². The van der Waals surface area contributed by atoms with Gasteiger partial charge in [0, 0.05) is 17.5 Å². The van der Waals surface area contributed by atoms with E-state index in [1.165, 1.54) is 6.33 Å². The van der Waals surface area contributed by atoms with Gasteiger partial charge in [0.2, 0.25) is 0 Å². The van der Waals surface area contributed by atoms with E-state index < -0.39 is 0 Å². The summed E-state index contributed by atoms with van der Waals surface area (Å²) in [4.78, 5) is 20.1. The van der Waals surface area contributed by atoms with Crippen molar-refractivity contribution in [3.05, 3.63) is 42.0 Å². The quantitative estimate of drug-likeness (QED) is 0.840. The maximum absolute atomic E-state index is 12.0. The van der Waals surface area contributed by atoms with Crippen LogP contribution in [-0.4, -0.2) is 29.0 Å². The third-order valence-electron chi connectivity index (χ3n) is 3.09. The first kappa shape index (κ1) is 11.6. The first-order valence-electron chi connectivity index (χ1n) is 6.08. The molecule has 1 aromatic carbocycles. The Kier molecular flexibility index (Phi) is 2.87. The molecule has 19 heavy (non-hydrogen) atoms. The number of hydrogen-bond acceptors (Lipinski definition) is 4. The van der Waals surface area contributed by atoms with Gasteiger partial charge in [0.1, 0.15) is 18.7 Å². The van der Waals surface area contributed by atoms with E-state index in [9.17, 15) is 4.79 Å². The van der Waals surface area contributed by atoms with Gasteiger partial charge < -0.3 is 10.1 Å². The van der Waals surface area contributed by atoms with Crippen molar-refractivity contribution in [2.75, 3.05) is 13.2 Å². The standard InChI is InChI=1S/C14H13N3O2/c1-9-12(7-15-8-17-9)10-2-3-13-11(6-10)14(18)16-4-5-19-13/h2-3,6-8H,4-5H2,1H3,(H,16,18). The number of aryl methyl sites for hydroxylation is 1. The first-order chi connectivity index (χ1) is 9.25. The highest BCUT2D eigenvalue weighted by atomic mass is 16.5.